The molecule has 0 aliphatic carbocycles. The number of fused-ring (bicyclic) bond motifs is 2. The van der Waals surface area contributed by atoms with Gasteiger partial charge in [-0.3, -0.25) is 4.79 Å². The first kappa shape index (κ1) is 22.7. The van der Waals surface area contributed by atoms with E-state index in [1.165, 1.54) is 38.8 Å². The molecule has 2 heterocycles. The van der Waals surface area contributed by atoms with Crippen LogP contribution in [0.4, 0.5) is 0 Å². The topological polar surface area (TPSA) is 97.0 Å². The normalized spacial score (nSPS) is 21.6. The summed E-state index contributed by atoms with van der Waals surface area (Å²) in [6.07, 6.45) is 3.38. The zero-order chi connectivity index (χ0) is 19.4. The van der Waals surface area contributed by atoms with Gasteiger partial charge < -0.3 is 19.7 Å². The van der Waals surface area contributed by atoms with E-state index in [-0.39, 0.29) is 36.2 Å². The summed E-state index contributed by atoms with van der Waals surface area (Å²) in [6, 6.07) is 5.27. The molecule has 2 bridgehead atoms. The van der Waals surface area contributed by atoms with Crippen LogP contribution in [0.1, 0.15) is 25.7 Å². The van der Waals surface area contributed by atoms with Crippen molar-refractivity contribution >= 4 is 28.3 Å². The number of benzene rings is 1. The quantitative estimate of drug-likeness (QED) is 0.669. The van der Waals surface area contributed by atoms with E-state index in [4.69, 9.17) is 9.47 Å². The Morgan fingerprint density at radius 2 is 1.89 bits per heavy atom. The minimum Gasteiger partial charge on any atom is -0.493 e. The first-order valence-electron chi connectivity index (χ1n) is 9.18. The van der Waals surface area contributed by atoms with E-state index in [0.29, 0.717) is 30.1 Å². The highest BCUT2D eigenvalue weighted by Crippen LogP contribution is 2.29. The number of halogens is 1. The van der Waals surface area contributed by atoms with Gasteiger partial charge in [-0.1, -0.05) is 0 Å². The average Bonchev–Trinajstić information content (AvgIpc) is 2.99. The molecule has 0 spiro atoms. The van der Waals surface area contributed by atoms with Gasteiger partial charge in [0.05, 0.1) is 19.1 Å². The molecule has 2 unspecified atom stereocenters. The van der Waals surface area contributed by atoms with Crippen LogP contribution in [0, 0.1) is 0 Å². The Morgan fingerprint density at radius 1 is 1.18 bits per heavy atom. The minimum atomic E-state index is -3.73. The van der Waals surface area contributed by atoms with Crippen molar-refractivity contribution in [3.8, 4) is 11.5 Å². The first-order valence-corrected chi connectivity index (χ1v) is 10.7. The number of nitrogens with zero attached hydrogens (tertiary/aromatic N) is 1. The monoisotopic (exact) mass is 433 g/mol. The van der Waals surface area contributed by atoms with E-state index in [0.717, 1.165) is 19.4 Å². The van der Waals surface area contributed by atoms with Crippen LogP contribution in [-0.2, 0) is 14.8 Å². The van der Waals surface area contributed by atoms with E-state index in [1.807, 2.05) is 4.90 Å². The van der Waals surface area contributed by atoms with Gasteiger partial charge >= 0.3 is 0 Å². The Kier molecular flexibility index (Phi) is 7.94. The van der Waals surface area contributed by atoms with Crippen LogP contribution in [0.25, 0.3) is 0 Å². The third kappa shape index (κ3) is 5.28. The summed E-state index contributed by atoms with van der Waals surface area (Å²) in [5.41, 5.74) is 0. The fourth-order valence-corrected chi connectivity index (χ4v) is 4.73. The minimum absolute atomic E-state index is 0. The molecule has 8 nitrogen and oxygen atoms in total. The molecule has 0 aromatic heterocycles. The van der Waals surface area contributed by atoms with Gasteiger partial charge in [0.2, 0.25) is 15.9 Å². The van der Waals surface area contributed by atoms with E-state index < -0.39 is 10.0 Å². The number of carbonyl (C=O) groups is 1. The first-order chi connectivity index (χ1) is 12.9. The van der Waals surface area contributed by atoms with Crippen molar-refractivity contribution in [1.82, 2.24) is 14.9 Å². The average molecular weight is 434 g/mol. The number of methoxy groups -OCH3 is 2. The summed E-state index contributed by atoms with van der Waals surface area (Å²) in [5.74, 6) is 0.777. The lowest BCUT2D eigenvalue weighted by Gasteiger charge is -2.24. The van der Waals surface area contributed by atoms with E-state index >= 15 is 0 Å². The molecule has 2 saturated heterocycles. The van der Waals surface area contributed by atoms with Crippen molar-refractivity contribution in [2.45, 2.75) is 42.7 Å². The smallest absolute Gasteiger partial charge is 0.240 e. The zero-order valence-corrected chi connectivity index (χ0v) is 17.8. The maximum atomic E-state index is 12.5. The SMILES string of the molecule is COc1ccc(S(=O)(=O)NCCC(=O)N2CCC3CCC(C2)N3)cc1OC.Cl. The molecular weight excluding hydrogens is 406 g/mol. The summed E-state index contributed by atoms with van der Waals surface area (Å²) in [6.45, 7) is 1.50. The highest BCUT2D eigenvalue weighted by molar-refractivity contribution is 7.89. The van der Waals surface area contributed by atoms with Crippen molar-refractivity contribution < 1.29 is 22.7 Å². The Labute approximate surface area is 172 Å². The van der Waals surface area contributed by atoms with Crippen LogP contribution in [0.3, 0.4) is 0 Å². The fourth-order valence-electron chi connectivity index (χ4n) is 3.69. The van der Waals surface area contributed by atoms with Gasteiger partial charge in [0.15, 0.2) is 11.5 Å². The molecule has 3 rings (SSSR count). The Balaban J connectivity index is 0.00000280. The van der Waals surface area contributed by atoms with Crippen LogP contribution in [0.15, 0.2) is 23.1 Å². The number of carbonyl (C=O) groups excluding carboxylic acids is 1. The maximum Gasteiger partial charge on any atom is 0.240 e. The molecule has 158 valence electrons. The van der Waals surface area contributed by atoms with Gasteiger partial charge in [0.1, 0.15) is 0 Å². The molecule has 28 heavy (non-hydrogen) atoms. The molecule has 0 saturated carbocycles. The molecule has 2 atom stereocenters. The summed E-state index contributed by atoms with van der Waals surface area (Å²) in [5, 5.41) is 3.53. The number of hydrogen-bond acceptors (Lipinski definition) is 6. The van der Waals surface area contributed by atoms with Gasteiger partial charge in [-0.05, 0) is 31.4 Å². The summed E-state index contributed by atoms with van der Waals surface area (Å²) in [4.78, 5) is 14.4. The van der Waals surface area contributed by atoms with Crippen molar-refractivity contribution in [3.63, 3.8) is 0 Å². The highest BCUT2D eigenvalue weighted by atomic mass is 35.5. The van der Waals surface area contributed by atoms with Crippen LogP contribution in [0.2, 0.25) is 0 Å². The Morgan fingerprint density at radius 3 is 2.61 bits per heavy atom. The summed E-state index contributed by atoms with van der Waals surface area (Å²) >= 11 is 0. The van der Waals surface area contributed by atoms with Crippen LogP contribution >= 0.6 is 12.4 Å². The molecule has 2 N–H and O–H groups in total. The van der Waals surface area contributed by atoms with Gasteiger partial charge in [-0.25, -0.2) is 13.1 Å². The Bertz CT molecular complexity index is 789. The van der Waals surface area contributed by atoms with Crippen LogP contribution < -0.4 is 19.5 Å². The number of rotatable bonds is 7. The van der Waals surface area contributed by atoms with Gasteiger partial charge in [0.25, 0.3) is 0 Å². The molecular formula is C18H28ClN3O5S. The predicted molar refractivity (Wildman–Crippen MR) is 108 cm³/mol. The molecule has 0 radical (unpaired) electrons. The summed E-state index contributed by atoms with van der Waals surface area (Å²) in [7, 11) is -0.795. The third-order valence-corrected chi connectivity index (χ3v) is 6.63. The summed E-state index contributed by atoms with van der Waals surface area (Å²) < 4.78 is 37.7. The second-order valence-corrected chi connectivity index (χ2v) is 8.70. The second kappa shape index (κ2) is 9.78. The van der Waals surface area contributed by atoms with Gasteiger partial charge in [-0.15, -0.1) is 12.4 Å². The van der Waals surface area contributed by atoms with E-state index in [1.54, 1.807) is 0 Å². The van der Waals surface area contributed by atoms with Crippen molar-refractivity contribution in [2.75, 3.05) is 33.9 Å². The van der Waals surface area contributed by atoms with Gasteiger partial charge in [-0.2, -0.15) is 0 Å². The van der Waals surface area contributed by atoms with Crippen molar-refractivity contribution in [2.24, 2.45) is 0 Å². The number of likely N-dealkylation sites (tertiary alicyclic amines) is 1. The number of hydrogen-bond donors (Lipinski definition) is 2. The molecule has 2 aliphatic heterocycles. The lowest BCUT2D eigenvalue weighted by Crippen LogP contribution is -2.40. The van der Waals surface area contributed by atoms with Gasteiger partial charge in [0, 0.05) is 44.2 Å². The van der Waals surface area contributed by atoms with Crippen LogP contribution in [-0.4, -0.2) is 65.2 Å². The molecule has 2 aliphatic rings. The van der Waals surface area contributed by atoms with Crippen molar-refractivity contribution in [1.29, 1.82) is 0 Å². The van der Waals surface area contributed by atoms with E-state index in [2.05, 4.69) is 10.0 Å². The van der Waals surface area contributed by atoms with Crippen molar-refractivity contribution in [3.05, 3.63) is 18.2 Å². The third-order valence-electron chi connectivity index (χ3n) is 5.17. The standard InChI is InChI=1S/C18H27N3O5S.ClH/c1-25-16-6-5-15(11-17(16)26-2)27(23,24)19-9-7-18(22)21-10-8-13-3-4-14(12-21)20-13;/h5-6,11,13-14,19-20H,3-4,7-10,12H2,1-2H3;1H. The highest BCUT2D eigenvalue weighted by Gasteiger charge is 2.31. The lowest BCUT2D eigenvalue weighted by molar-refractivity contribution is -0.131. The number of nitrogens with one attached hydrogen (secondary N) is 2. The molecule has 1 aromatic rings. The number of amides is 1. The molecule has 2 fully saturated rings. The molecule has 1 amide bonds. The zero-order valence-electron chi connectivity index (χ0n) is 16.1. The molecule has 1 aromatic carbocycles. The largest absolute Gasteiger partial charge is 0.493 e. The maximum absolute atomic E-state index is 12.5. The fraction of sp³-hybridized carbons (Fsp3) is 0.611. The second-order valence-electron chi connectivity index (χ2n) is 6.93. The Hall–Kier alpha value is -1.55. The number of ether oxygens (including phenoxy) is 2. The molecule has 10 heteroatoms. The van der Waals surface area contributed by atoms with E-state index in [9.17, 15) is 13.2 Å². The predicted octanol–water partition coefficient (Wildman–Crippen LogP) is 1.15. The lowest BCUT2D eigenvalue weighted by atomic mass is 10.1. The van der Waals surface area contributed by atoms with Crippen LogP contribution in [0.5, 0.6) is 11.5 Å². The number of sulfonamides is 1.